The third-order valence-electron chi connectivity index (χ3n) is 1.82. The zero-order valence-corrected chi connectivity index (χ0v) is 9.19. The zero-order valence-electron chi connectivity index (χ0n) is 8.44. The number of aliphatic carboxylic acids is 1. The fourth-order valence-corrected chi connectivity index (χ4v) is 1.37. The lowest BCUT2D eigenvalue weighted by Crippen LogP contribution is -2.18. The number of rotatable bonds is 4. The minimum absolute atomic E-state index is 0.0311. The molecular formula is C10H8ClNO5. The minimum Gasteiger partial charge on any atom is -0.481 e. The standard InChI is InChI=1S/C10H8ClNO5/c11-6-3-1-2-5(10(16)17)9(6)12-7(13)4-8(14)15/h1-3H,4H2,(H,12,13)(H,14,15)(H,16,17). The first-order chi connectivity index (χ1) is 7.91. The monoisotopic (exact) mass is 257 g/mol. The highest BCUT2D eigenvalue weighted by atomic mass is 35.5. The number of aromatic carboxylic acids is 1. The fourth-order valence-electron chi connectivity index (χ4n) is 1.15. The van der Waals surface area contributed by atoms with Crippen LogP contribution >= 0.6 is 11.6 Å². The summed E-state index contributed by atoms with van der Waals surface area (Å²) in [4.78, 5) is 32.4. The molecule has 1 aromatic carbocycles. The number of carbonyl (C=O) groups excluding carboxylic acids is 1. The van der Waals surface area contributed by atoms with E-state index in [2.05, 4.69) is 5.32 Å². The number of hydrogen-bond acceptors (Lipinski definition) is 3. The average Bonchev–Trinajstić information content (AvgIpc) is 2.19. The van der Waals surface area contributed by atoms with Gasteiger partial charge in [-0.05, 0) is 12.1 Å². The highest BCUT2D eigenvalue weighted by Gasteiger charge is 2.16. The normalized spacial score (nSPS) is 9.71. The van der Waals surface area contributed by atoms with Gasteiger partial charge in [-0.25, -0.2) is 4.79 Å². The number of para-hydroxylation sites is 1. The quantitative estimate of drug-likeness (QED) is 0.708. The number of carboxylic acid groups (broad SMARTS) is 2. The molecule has 1 amide bonds. The average molecular weight is 258 g/mol. The first-order valence-corrected chi connectivity index (χ1v) is 4.83. The van der Waals surface area contributed by atoms with Crippen LogP contribution < -0.4 is 5.32 Å². The third kappa shape index (κ3) is 3.46. The van der Waals surface area contributed by atoms with Crippen LogP contribution in [0.3, 0.4) is 0 Å². The Bertz CT molecular complexity index is 486. The molecular weight excluding hydrogens is 250 g/mol. The third-order valence-corrected chi connectivity index (χ3v) is 2.14. The maximum absolute atomic E-state index is 11.2. The number of benzene rings is 1. The Morgan fingerprint density at radius 1 is 1.24 bits per heavy atom. The van der Waals surface area contributed by atoms with Crippen LogP contribution in [0.5, 0.6) is 0 Å². The summed E-state index contributed by atoms with van der Waals surface area (Å²) in [5, 5.41) is 19.4. The second kappa shape index (κ2) is 5.31. The van der Waals surface area contributed by atoms with E-state index in [-0.39, 0.29) is 16.3 Å². The SMILES string of the molecule is O=C(O)CC(=O)Nc1c(Cl)cccc1C(=O)O. The summed E-state index contributed by atoms with van der Waals surface area (Å²) in [6.45, 7) is 0. The molecule has 0 saturated heterocycles. The van der Waals surface area contributed by atoms with Crippen LogP contribution in [-0.4, -0.2) is 28.1 Å². The van der Waals surface area contributed by atoms with E-state index >= 15 is 0 Å². The van der Waals surface area contributed by atoms with Crippen molar-refractivity contribution in [3.05, 3.63) is 28.8 Å². The first-order valence-electron chi connectivity index (χ1n) is 4.45. The topological polar surface area (TPSA) is 104 Å². The van der Waals surface area contributed by atoms with Gasteiger partial charge in [-0.2, -0.15) is 0 Å². The molecule has 0 spiro atoms. The maximum Gasteiger partial charge on any atom is 0.337 e. The second-order valence-electron chi connectivity index (χ2n) is 3.09. The highest BCUT2D eigenvalue weighted by molar-refractivity contribution is 6.34. The van der Waals surface area contributed by atoms with Crippen molar-refractivity contribution in [3.63, 3.8) is 0 Å². The van der Waals surface area contributed by atoms with Gasteiger partial charge in [0.1, 0.15) is 6.42 Å². The molecule has 0 radical (unpaired) electrons. The Balaban J connectivity index is 3.01. The highest BCUT2D eigenvalue weighted by Crippen LogP contribution is 2.26. The second-order valence-corrected chi connectivity index (χ2v) is 3.49. The molecule has 0 atom stereocenters. The molecule has 3 N–H and O–H groups in total. The fraction of sp³-hybridized carbons (Fsp3) is 0.100. The zero-order chi connectivity index (χ0) is 13.0. The molecule has 17 heavy (non-hydrogen) atoms. The number of anilines is 1. The molecule has 0 unspecified atom stereocenters. The van der Waals surface area contributed by atoms with Crippen molar-refractivity contribution in [1.29, 1.82) is 0 Å². The number of halogens is 1. The van der Waals surface area contributed by atoms with Gasteiger partial charge in [0.05, 0.1) is 16.3 Å². The summed E-state index contributed by atoms with van der Waals surface area (Å²) in [5.74, 6) is -3.42. The lowest BCUT2D eigenvalue weighted by Gasteiger charge is -2.09. The number of carbonyl (C=O) groups is 3. The van der Waals surface area contributed by atoms with Gasteiger partial charge < -0.3 is 15.5 Å². The molecule has 0 aliphatic rings. The molecule has 90 valence electrons. The predicted octanol–water partition coefficient (Wildman–Crippen LogP) is 1.45. The summed E-state index contributed by atoms with van der Waals surface area (Å²) in [6.07, 6.45) is -0.760. The maximum atomic E-state index is 11.2. The van der Waals surface area contributed by atoms with Crippen molar-refractivity contribution in [1.82, 2.24) is 0 Å². The summed E-state index contributed by atoms with van der Waals surface area (Å²) < 4.78 is 0. The van der Waals surface area contributed by atoms with Crippen LogP contribution in [0.15, 0.2) is 18.2 Å². The molecule has 0 aliphatic heterocycles. The van der Waals surface area contributed by atoms with E-state index in [4.69, 9.17) is 21.8 Å². The van der Waals surface area contributed by atoms with Gasteiger partial charge in [0.25, 0.3) is 0 Å². The Kier molecular flexibility index (Phi) is 4.06. The number of nitrogens with one attached hydrogen (secondary N) is 1. The Labute approximate surface area is 101 Å². The summed E-state index contributed by atoms with van der Waals surface area (Å²) in [7, 11) is 0. The first kappa shape index (κ1) is 13.0. The van der Waals surface area contributed by atoms with Crippen LogP contribution in [-0.2, 0) is 9.59 Å². The van der Waals surface area contributed by atoms with Crippen LogP contribution in [0.25, 0.3) is 0 Å². The van der Waals surface area contributed by atoms with Crippen molar-refractivity contribution >= 4 is 35.1 Å². The number of hydrogen-bond donors (Lipinski definition) is 3. The van der Waals surface area contributed by atoms with Crippen molar-refractivity contribution in [2.45, 2.75) is 6.42 Å². The van der Waals surface area contributed by atoms with Crippen LogP contribution in [0.2, 0.25) is 5.02 Å². The molecule has 1 rings (SSSR count). The van der Waals surface area contributed by atoms with E-state index < -0.39 is 24.3 Å². The molecule has 0 bridgehead atoms. The van der Waals surface area contributed by atoms with E-state index in [0.717, 1.165) is 0 Å². The van der Waals surface area contributed by atoms with E-state index in [1.54, 1.807) is 0 Å². The van der Waals surface area contributed by atoms with Gasteiger partial charge in [0, 0.05) is 0 Å². The number of amides is 1. The molecule has 0 aliphatic carbocycles. The van der Waals surface area contributed by atoms with Gasteiger partial charge in [0.15, 0.2) is 0 Å². The van der Waals surface area contributed by atoms with Gasteiger partial charge in [-0.15, -0.1) is 0 Å². The minimum atomic E-state index is -1.31. The Hall–Kier alpha value is -2.08. The Morgan fingerprint density at radius 3 is 2.41 bits per heavy atom. The van der Waals surface area contributed by atoms with Gasteiger partial charge >= 0.3 is 11.9 Å². The van der Waals surface area contributed by atoms with Crippen molar-refractivity contribution in [2.75, 3.05) is 5.32 Å². The number of carboxylic acids is 2. The van der Waals surface area contributed by atoms with Crippen LogP contribution in [0.1, 0.15) is 16.8 Å². The van der Waals surface area contributed by atoms with Crippen LogP contribution in [0, 0.1) is 0 Å². The van der Waals surface area contributed by atoms with Crippen LogP contribution in [0.4, 0.5) is 5.69 Å². The van der Waals surface area contributed by atoms with E-state index in [1.165, 1.54) is 18.2 Å². The lowest BCUT2D eigenvalue weighted by atomic mass is 10.1. The van der Waals surface area contributed by atoms with Crippen molar-refractivity contribution in [3.8, 4) is 0 Å². The van der Waals surface area contributed by atoms with E-state index in [9.17, 15) is 14.4 Å². The molecule has 0 aromatic heterocycles. The smallest absolute Gasteiger partial charge is 0.337 e. The molecule has 0 fully saturated rings. The van der Waals surface area contributed by atoms with Crippen molar-refractivity contribution in [2.24, 2.45) is 0 Å². The van der Waals surface area contributed by atoms with Gasteiger partial charge in [0.2, 0.25) is 5.91 Å². The molecule has 6 nitrogen and oxygen atoms in total. The van der Waals surface area contributed by atoms with E-state index in [1.807, 2.05) is 0 Å². The molecule has 0 saturated carbocycles. The molecule has 1 aromatic rings. The molecule has 0 heterocycles. The van der Waals surface area contributed by atoms with E-state index in [0.29, 0.717) is 0 Å². The van der Waals surface area contributed by atoms with Gasteiger partial charge in [-0.1, -0.05) is 17.7 Å². The summed E-state index contributed by atoms with van der Waals surface area (Å²) in [6, 6.07) is 4.06. The largest absolute Gasteiger partial charge is 0.481 e. The van der Waals surface area contributed by atoms with Gasteiger partial charge in [-0.3, -0.25) is 9.59 Å². The van der Waals surface area contributed by atoms with Crippen molar-refractivity contribution < 1.29 is 24.6 Å². The predicted molar refractivity (Wildman–Crippen MR) is 59.3 cm³/mol. The molecule has 7 heteroatoms. The lowest BCUT2D eigenvalue weighted by molar-refractivity contribution is -0.139. The summed E-state index contributed by atoms with van der Waals surface area (Å²) >= 11 is 5.73. The Morgan fingerprint density at radius 2 is 1.88 bits per heavy atom. The summed E-state index contributed by atoms with van der Waals surface area (Å²) in [5.41, 5.74) is -0.302.